The molecule has 2 aliphatic rings. The Morgan fingerprint density at radius 2 is 0.919 bits per heavy atom. The van der Waals surface area contributed by atoms with E-state index in [9.17, 15) is 9.59 Å². The summed E-state index contributed by atoms with van der Waals surface area (Å²) in [5.41, 5.74) is 1.36. The number of carbonyl (C=O) groups is 2. The van der Waals surface area contributed by atoms with Gasteiger partial charge in [-0.1, -0.05) is 25.7 Å². The molecule has 2 atom stereocenters. The van der Waals surface area contributed by atoms with Crippen LogP contribution in [0.25, 0.3) is 0 Å². The van der Waals surface area contributed by atoms with Gasteiger partial charge in [0.25, 0.3) is 0 Å². The molecule has 2 aromatic rings. The minimum Gasteiger partial charge on any atom is -0.497 e. The molecule has 4 rings (SSSR count). The lowest BCUT2D eigenvalue weighted by Gasteiger charge is -2.36. The van der Waals surface area contributed by atoms with Crippen LogP contribution in [0.15, 0.2) is 48.5 Å². The van der Waals surface area contributed by atoms with Crippen molar-refractivity contribution in [1.29, 1.82) is 0 Å². The predicted molar refractivity (Wildman–Crippen MR) is 147 cm³/mol. The average Bonchev–Trinajstić information content (AvgIpc) is 3.39. The first-order valence-electron chi connectivity index (χ1n) is 14.0. The van der Waals surface area contributed by atoms with Crippen molar-refractivity contribution in [2.24, 2.45) is 0 Å². The third-order valence-electron chi connectivity index (χ3n) is 7.96. The van der Waals surface area contributed by atoms with Gasteiger partial charge in [-0.25, -0.2) is 0 Å². The number of Topliss-reactive ketones (excluding diaryl/α,β-unsaturated/α-hetero) is 2. The molecule has 37 heavy (non-hydrogen) atoms. The first-order valence-corrected chi connectivity index (χ1v) is 14.0. The third-order valence-corrected chi connectivity index (χ3v) is 7.96. The summed E-state index contributed by atoms with van der Waals surface area (Å²) >= 11 is 0. The van der Waals surface area contributed by atoms with Crippen molar-refractivity contribution in [2.45, 2.75) is 69.9 Å². The van der Waals surface area contributed by atoms with Gasteiger partial charge in [0.15, 0.2) is 11.6 Å². The van der Waals surface area contributed by atoms with Gasteiger partial charge in [-0.3, -0.25) is 19.4 Å². The van der Waals surface area contributed by atoms with Gasteiger partial charge in [0.2, 0.25) is 0 Å². The van der Waals surface area contributed by atoms with Gasteiger partial charge in [0.1, 0.15) is 11.5 Å². The summed E-state index contributed by atoms with van der Waals surface area (Å²) in [5.74, 6) is 1.68. The molecule has 2 aromatic carbocycles. The van der Waals surface area contributed by atoms with E-state index in [-0.39, 0.29) is 23.7 Å². The molecule has 2 saturated heterocycles. The standard InChI is InChI=1S/C31H42N2O4/c1-36-26-15-11-24(12-16-26)30(34)28(32-19-7-3-4-8-20-32)23-29(33-21-9-5-6-10-22-33)31(35)25-13-17-27(37-2)18-14-25/h11-18,28-29H,3-10,19-23H2,1-2H3/t28-,29-/m1/s1. The van der Waals surface area contributed by atoms with Crippen LogP contribution in [0.2, 0.25) is 0 Å². The molecule has 6 heteroatoms. The Bertz CT molecular complexity index is 907. The summed E-state index contributed by atoms with van der Waals surface area (Å²) < 4.78 is 10.6. The van der Waals surface area contributed by atoms with Crippen LogP contribution in [0.1, 0.15) is 78.5 Å². The first kappa shape index (κ1) is 27.3. The topological polar surface area (TPSA) is 59.1 Å². The molecular weight excluding hydrogens is 464 g/mol. The number of ketones is 2. The fourth-order valence-electron chi connectivity index (χ4n) is 5.76. The van der Waals surface area contributed by atoms with Crippen LogP contribution in [0.3, 0.4) is 0 Å². The van der Waals surface area contributed by atoms with E-state index in [1.165, 1.54) is 25.7 Å². The molecule has 0 radical (unpaired) electrons. The van der Waals surface area contributed by atoms with Crippen LogP contribution < -0.4 is 9.47 Å². The molecular formula is C31H42N2O4. The number of benzene rings is 2. The largest absolute Gasteiger partial charge is 0.497 e. The number of carbonyl (C=O) groups excluding carboxylic acids is 2. The number of hydrogen-bond acceptors (Lipinski definition) is 6. The highest BCUT2D eigenvalue weighted by Gasteiger charge is 2.36. The Morgan fingerprint density at radius 3 is 1.22 bits per heavy atom. The molecule has 0 bridgehead atoms. The molecule has 0 amide bonds. The minimum absolute atomic E-state index is 0.104. The second-order valence-corrected chi connectivity index (χ2v) is 10.4. The van der Waals surface area contributed by atoms with Crippen molar-refractivity contribution in [3.63, 3.8) is 0 Å². The highest BCUT2D eigenvalue weighted by molar-refractivity contribution is 6.03. The molecule has 0 aliphatic carbocycles. The number of ether oxygens (including phenoxy) is 2. The first-order chi connectivity index (χ1) is 18.1. The molecule has 2 fully saturated rings. The van der Waals surface area contributed by atoms with E-state index in [2.05, 4.69) is 9.80 Å². The molecule has 2 aliphatic heterocycles. The number of nitrogens with zero attached hydrogens (tertiary/aromatic N) is 2. The molecule has 0 unspecified atom stereocenters. The smallest absolute Gasteiger partial charge is 0.180 e. The van der Waals surface area contributed by atoms with E-state index in [1.54, 1.807) is 14.2 Å². The van der Waals surface area contributed by atoms with E-state index >= 15 is 0 Å². The Morgan fingerprint density at radius 1 is 0.595 bits per heavy atom. The van der Waals surface area contributed by atoms with Crippen molar-refractivity contribution < 1.29 is 19.1 Å². The number of rotatable bonds is 10. The quantitative estimate of drug-likeness (QED) is 0.388. The summed E-state index contributed by atoms with van der Waals surface area (Å²) in [6.07, 6.45) is 9.65. The highest BCUT2D eigenvalue weighted by Crippen LogP contribution is 2.26. The minimum atomic E-state index is -0.332. The van der Waals surface area contributed by atoms with Crippen molar-refractivity contribution in [3.8, 4) is 11.5 Å². The normalized spacial score (nSPS) is 19.3. The van der Waals surface area contributed by atoms with Crippen LogP contribution in [0.4, 0.5) is 0 Å². The molecule has 0 aromatic heterocycles. The number of methoxy groups -OCH3 is 2. The molecule has 0 N–H and O–H groups in total. The maximum Gasteiger partial charge on any atom is 0.180 e. The molecule has 2 heterocycles. The van der Waals surface area contributed by atoms with Crippen LogP contribution in [-0.4, -0.2) is 73.8 Å². The SMILES string of the molecule is COc1ccc(C(=O)[C@@H](C[C@H](C(=O)c2ccc(OC)cc2)N2CCCCCC2)N2CCCCCC2)cc1. The van der Waals surface area contributed by atoms with E-state index in [1.807, 2.05) is 48.5 Å². The van der Waals surface area contributed by atoms with Crippen molar-refractivity contribution in [1.82, 2.24) is 9.80 Å². The lowest BCUT2D eigenvalue weighted by molar-refractivity contribution is 0.0656. The predicted octanol–water partition coefficient (Wildman–Crippen LogP) is 5.65. The number of hydrogen-bond donors (Lipinski definition) is 0. The Kier molecular flexibility index (Phi) is 10.1. The Balaban J connectivity index is 1.66. The molecule has 0 saturated carbocycles. The zero-order valence-corrected chi connectivity index (χ0v) is 22.5. The van der Waals surface area contributed by atoms with Gasteiger partial charge < -0.3 is 9.47 Å². The van der Waals surface area contributed by atoms with E-state index in [4.69, 9.17) is 9.47 Å². The monoisotopic (exact) mass is 506 g/mol. The van der Waals surface area contributed by atoms with Crippen molar-refractivity contribution in [2.75, 3.05) is 40.4 Å². The molecule has 0 spiro atoms. The summed E-state index contributed by atoms with van der Waals surface area (Å²) in [4.78, 5) is 32.8. The van der Waals surface area contributed by atoms with E-state index in [0.717, 1.165) is 63.4 Å². The highest BCUT2D eigenvalue weighted by atomic mass is 16.5. The summed E-state index contributed by atoms with van der Waals surface area (Å²) in [7, 11) is 3.26. The van der Waals surface area contributed by atoms with Crippen LogP contribution >= 0.6 is 0 Å². The van der Waals surface area contributed by atoms with Crippen LogP contribution in [0, 0.1) is 0 Å². The fourth-order valence-corrected chi connectivity index (χ4v) is 5.76. The summed E-state index contributed by atoms with van der Waals surface area (Å²) in [6, 6.07) is 14.2. The van der Waals surface area contributed by atoms with Gasteiger partial charge in [-0.05, 0) is 107 Å². The Hall–Kier alpha value is -2.70. The lowest BCUT2D eigenvalue weighted by atomic mass is 9.91. The molecule has 6 nitrogen and oxygen atoms in total. The van der Waals surface area contributed by atoms with E-state index in [0.29, 0.717) is 17.5 Å². The van der Waals surface area contributed by atoms with Gasteiger partial charge >= 0.3 is 0 Å². The summed E-state index contributed by atoms with van der Waals surface area (Å²) in [6.45, 7) is 3.60. The molecule has 200 valence electrons. The zero-order chi connectivity index (χ0) is 26.0. The van der Waals surface area contributed by atoms with Crippen molar-refractivity contribution in [3.05, 3.63) is 59.7 Å². The van der Waals surface area contributed by atoms with Crippen LogP contribution in [-0.2, 0) is 0 Å². The van der Waals surface area contributed by atoms with Gasteiger partial charge in [0.05, 0.1) is 26.3 Å². The second kappa shape index (κ2) is 13.7. The third kappa shape index (κ3) is 7.20. The maximum absolute atomic E-state index is 14.1. The van der Waals surface area contributed by atoms with Gasteiger partial charge in [-0.15, -0.1) is 0 Å². The van der Waals surface area contributed by atoms with E-state index < -0.39 is 0 Å². The fraction of sp³-hybridized carbons (Fsp3) is 0.548. The maximum atomic E-state index is 14.1. The second-order valence-electron chi connectivity index (χ2n) is 10.4. The number of likely N-dealkylation sites (tertiary alicyclic amines) is 2. The Labute approximate surface area is 221 Å². The zero-order valence-electron chi connectivity index (χ0n) is 22.5. The van der Waals surface area contributed by atoms with Gasteiger partial charge in [0, 0.05) is 11.1 Å². The van der Waals surface area contributed by atoms with Crippen molar-refractivity contribution >= 4 is 11.6 Å². The average molecular weight is 507 g/mol. The van der Waals surface area contributed by atoms with Gasteiger partial charge in [-0.2, -0.15) is 0 Å². The summed E-state index contributed by atoms with van der Waals surface area (Å²) in [5, 5.41) is 0. The lowest BCUT2D eigenvalue weighted by Crippen LogP contribution is -2.50. The van der Waals surface area contributed by atoms with Crippen LogP contribution in [0.5, 0.6) is 11.5 Å².